The van der Waals surface area contributed by atoms with Gasteiger partial charge < -0.3 is 16.3 Å². The zero-order valence-corrected chi connectivity index (χ0v) is 15.3. The number of nitrogens with zero attached hydrogens (tertiary/aromatic N) is 5. The Balaban J connectivity index is 1.74. The lowest BCUT2D eigenvalue weighted by atomic mass is 10.1. The predicted molar refractivity (Wildman–Crippen MR) is 105 cm³/mol. The van der Waals surface area contributed by atoms with E-state index in [2.05, 4.69) is 19.8 Å². The van der Waals surface area contributed by atoms with Crippen LogP contribution < -0.4 is 16.5 Å². The molecule has 4 rings (SSSR count). The SMILES string of the molecule is NC(=O)N(OC=O)c1cccc(-c2cnc3cc(-c4ncc(F)c(N)n4)ccn23)c1. The molecule has 11 heteroatoms. The summed E-state index contributed by atoms with van der Waals surface area (Å²) in [4.78, 5) is 39.1. The summed E-state index contributed by atoms with van der Waals surface area (Å²) in [6, 6.07) is 9.18. The van der Waals surface area contributed by atoms with Gasteiger partial charge in [0.15, 0.2) is 17.5 Å². The standard InChI is InChI=1S/C19H14FN7O3/c20-14-8-24-18(25-17(14)21)12-4-5-26-15(9-23-16(26)7-12)11-2-1-3-13(6-11)27(19(22)29)30-10-28/h1-10H,(H2,22,29)(H2,21,24,25). The van der Waals surface area contributed by atoms with Crippen LogP contribution in [-0.2, 0) is 9.63 Å². The second-order valence-corrected chi connectivity index (χ2v) is 6.10. The first-order valence-electron chi connectivity index (χ1n) is 8.54. The number of fused-ring (bicyclic) bond motifs is 1. The molecule has 3 heterocycles. The Kier molecular flexibility index (Phi) is 4.68. The Morgan fingerprint density at radius 2 is 2.00 bits per heavy atom. The molecule has 0 radical (unpaired) electrons. The van der Waals surface area contributed by atoms with Crippen molar-refractivity contribution in [1.82, 2.24) is 19.4 Å². The van der Waals surface area contributed by atoms with Gasteiger partial charge in [0.2, 0.25) is 0 Å². The number of aromatic nitrogens is 4. The van der Waals surface area contributed by atoms with Crippen LogP contribution in [0.3, 0.4) is 0 Å². The van der Waals surface area contributed by atoms with Gasteiger partial charge in [-0.2, -0.15) is 0 Å². The lowest BCUT2D eigenvalue weighted by molar-refractivity contribution is -0.128. The monoisotopic (exact) mass is 407 g/mol. The predicted octanol–water partition coefficient (Wildman–Crippen LogP) is 2.15. The lowest BCUT2D eigenvalue weighted by Crippen LogP contribution is -2.35. The van der Waals surface area contributed by atoms with E-state index in [0.717, 1.165) is 6.20 Å². The Bertz CT molecular complexity index is 1270. The minimum absolute atomic E-state index is 0.109. The molecule has 0 atom stereocenters. The van der Waals surface area contributed by atoms with Crippen molar-refractivity contribution in [2.75, 3.05) is 10.8 Å². The van der Waals surface area contributed by atoms with E-state index in [4.69, 9.17) is 11.5 Å². The highest BCUT2D eigenvalue weighted by Crippen LogP contribution is 2.27. The number of imidazole rings is 1. The van der Waals surface area contributed by atoms with E-state index in [1.54, 1.807) is 53.2 Å². The average Bonchev–Trinajstić information content (AvgIpc) is 3.17. The van der Waals surface area contributed by atoms with Crippen molar-refractivity contribution in [2.24, 2.45) is 5.73 Å². The van der Waals surface area contributed by atoms with E-state index in [-0.39, 0.29) is 23.8 Å². The van der Waals surface area contributed by atoms with Gasteiger partial charge in [-0.1, -0.05) is 12.1 Å². The van der Waals surface area contributed by atoms with Crippen LogP contribution in [0.5, 0.6) is 0 Å². The number of carbonyl (C=O) groups is 2. The molecule has 4 aromatic rings. The van der Waals surface area contributed by atoms with Crippen LogP contribution in [0.1, 0.15) is 0 Å². The number of benzene rings is 1. The lowest BCUT2D eigenvalue weighted by Gasteiger charge is -2.16. The third-order valence-corrected chi connectivity index (χ3v) is 4.27. The smallest absolute Gasteiger partial charge is 0.352 e. The number of hydrogen-bond acceptors (Lipinski definition) is 7. The van der Waals surface area contributed by atoms with Crippen LogP contribution in [0.4, 0.5) is 20.7 Å². The molecule has 0 aliphatic heterocycles. The zero-order valence-electron chi connectivity index (χ0n) is 15.3. The second kappa shape index (κ2) is 7.47. The van der Waals surface area contributed by atoms with Gasteiger partial charge in [0, 0.05) is 17.3 Å². The summed E-state index contributed by atoms with van der Waals surface area (Å²) in [6.07, 6.45) is 4.39. The first-order chi connectivity index (χ1) is 14.5. The Hall–Kier alpha value is -4.54. The van der Waals surface area contributed by atoms with Gasteiger partial charge in [-0.25, -0.2) is 24.1 Å². The molecule has 10 nitrogen and oxygen atoms in total. The van der Waals surface area contributed by atoms with Crippen molar-refractivity contribution in [1.29, 1.82) is 0 Å². The number of hydrogen-bond donors (Lipinski definition) is 2. The molecule has 0 fully saturated rings. The summed E-state index contributed by atoms with van der Waals surface area (Å²) >= 11 is 0. The van der Waals surface area contributed by atoms with Gasteiger partial charge in [0.1, 0.15) is 5.65 Å². The van der Waals surface area contributed by atoms with E-state index < -0.39 is 11.8 Å². The quantitative estimate of drug-likeness (QED) is 0.381. The summed E-state index contributed by atoms with van der Waals surface area (Å²) in [5.41, 5.74) is 13.6. The van der Waals surface area contributed by atoms with E-state index in [1.807, 2.05) is 0 Å². The normalized spacial score (nSPS) is 10.7. The summed E-state index contributed by atoms with van der Waals surface area (Å²) in [6.45, 7) is 0.109. The van der Waals surface area contributed by atoms with Gasteiger partial charge in [-0.15, -0.1) is 5.06 Å². The second-order valence-electron chi connectivity index (χ2n) is 6.10. The fraction of sp³-hybridized carbons (Fsp3) is 0. The third kappa shape index (κ3) is 3.35. The molecule has 0 aliphatic rings. The molecule has 30 heavy (non-hydrogen) atoms. The number of amides is 2. The molecule has 1 aromatic carbocycles. The van der Waals surface area contributed by atoms with Crippen LogP contribution in [0.25, 0.3) is 28.3 Å². The van der Waals surface area contributed by atoms with Gasteiger partial charge in [-0.05, 0) is 24.3 Å². The summed E-state index contributed by atoms with van der Waals surface area (Å²) in [5, 5.41) is 0.675. The van der Waals surface area contributed by atoms with Crippen molar-refractivity contribution in [3.05, 3.63) is 60.8 Å². The molecule has 0 bridgehead atoms. The fourth-order valence-corrected chi connectivity index (χ4v) is 2.93. The average molecular weight is 407 g/mol. The van der Waals surface area contributed by atoms with Crippen LogP contribution in [0, 0.1) is 5.82 Å². The number of hydroxylamine groups is 1. The van der Waals surface area contributed by atoms with E-state index in [1.165, 1.54) is 0 Å². The highest BCUT2D eigenvalue weighted by Gasteiger charge is 2.16. The first kappa shape index (κ1) is 18.8. The van der Waals surface area contributed by atoms with Crippen LogP contribution in [-0.4, -0.2) is 31.9 Å². The molecule has 4 N–H and O–H groups in total. The van der Waals surface area contributed by atoms with Crippen molar-refractivity contribution >= 4 is 29.7 Å². The zero-order chi connectivity index (χ0) is 21.3. The third-order valence-electron chi connectivity index (χ3n) is 4.27. The topological polar surface area (TPSA) is 142 Å². The number of pyridine rings is 1. The maximum Gasteiger partial charge on any atom is 0.352 e. The van der Waals surface area contributed by atoms with Crippen LogP contribution in [0.15, 0.2) is 55.0 Å². The highest BCUT2D eigenvalue weighted by molar-refractivity contribution is 5.90. The summed E-state index contributed by atoms with van der Waals surface area (Å²) in [5.74, 6) is -0.658. The molecule has 3 aromatic heterocycles. The van der Waals surface area contributed by atoms with E-state index in [0.29, 0.717) is 27.5 Å². The highest BCUT2D eigenvalue weighted by atomic mass is 19.1. The number of halogens is 1. The largest absolute Gasteiger partial charge is 0.381 e. The molecular formula is C19H14FN7O3. The maximum atomic E-state index is 13.3. The number of nitrogen functional groups attached to an aromatic ring is 1. The molecule has 0 saturated heterocycles. The summed E-state index contributed by atoms with van der Waals surface area (Å²) in [7, 11) is 0. The molecule has 2 amide bonds. The van der Waals surface area contributed by atoms with Gasteiger partial charge in [-0.3, -0.25) is 9.20 Å². The molecule has 0 unspecified atom stereocenters. The minimum Gasteiger partial charge on any atom is -0.381 e. The van der Waals surface area contributed by atoms with Crippen molar-refractivity contribution < 1.29 is 18.8 Å². The van der Waals surface area contributed by atoms with Gasteiger partial charge >= 0.3 is 12.5 Å². The molecule has 0 saturated carbocycles. The molecule has 0 aliphatic carbocycles. The molecule has 150 valence electrons. The van der Waals surface area contributed by atoms with Gasteiger partial charge in [0.25, 0.3) is 0 Å². The Labute approximate surface area is 168 Å². The number of primary amides is 1. The van der Waals surface area contributed by atoms with Crippen LogP contribution >= 0.6 is 0 Å². The van der Waals surface area contributed by atoms with Crippen molar-refractivity contribution in [3.63, 3.8) is 0 Å². The fourth-order valence-electron chi connectivity index (χ4n) is 2.93. The van der Waals surface area contributed by atoms with Gasteiger partial charge in [0.05, 0.1) is 23.8 Å². The first-order valence-corrected chi connectivity index (χ1v) is 8.54. The number of rotatable bonds is 5. The van der Waals surface area contributed by atoms with Crippen LogP contribution in [0.2, 0.25) is 0 Å². The number of urea groups is 1. The van der Waals surface area contributed by atoms with Crippen molar-refractivity contribution in [3.8, 4) is 22.6 Å². The van der Waals surface area contributed by atoms with E-state index in [9.17, 15) is 14.0 Å². The number of nitrogens with two attached hydrogens (primary N) is 2. The summed E-state index contributed by atoms with van der Waals surface area (Å²) < 4.78 is 15.1. The Morgan fingerprint density at radius 3 is 2.73 bits per heavy atom. The number of carbonyl (C=O) groups excluding carboxylic acids is 2. The van der Waals surface area contributed by atoms with E-state index >= 15 is 0 Å². The maximum absolute atomic E-state index is 13.3. The molecule has 0 spiro atoms. The minimum atomic E-state index is -0.944. The molecular weight excluding hydrogens is 393 g/mol. The number of anilines is 2. The van der Waals surface area contributed by atoms with Crippen molar-refractivity contribution in [2.45, 2.75) is 0 Å². The Morgan fingerprint density at radius 1 is 1.17 bits per heavy atom.